The third-order valence-electron chi connectivity index (χ3n) is 3.18. The lowest BCUT2D eigenvalue weighted by atomic mass is 10.2. The number of hydrogen-bond acceptors (Lipinski definition) is 4. The van der Waals surface area contributed by atoms with E-state index in [4.69, 9.17) is 4.74 Å². The Morgan fingerprint density at radius 3 is 2.90 bits per heavy atom. The van der Waals surface area contributed by atoms with Crippen molar-refractivity contribution in [3.8, 4) is 5.75 Å². The van der Waals surface area contributed by atoms with Gasteiger partial charge in [-0.05, 0) is 37.0 Å². The minimum Gasteiger partial charge on any atom is -0.491 e. The summed E-state index contributed by atoms with van der Waals surface area (Å²) in [5.41, 5.74) is 0.913. The average Bonchev–Trinajstić information content (AvgIpc) is 3.27. The highest BCUT2D eigenvalue weighted by Crippen LogP contribution is 2.21. The van der Waals surface area contributed by atoms with Crippen LogP contribution in [0.25, 0.3) is 0 Å². The van der Waals surface area contributed by atoms with Gasteiger partial charge >= 0.3 is 5.97 Å². The lowest BCUT2D eigenvalue weighted by Gasteiger charge is -2.09. The van der Waals surface area contributed by atoms with Crippen LogP contribution in [0.2, 0.25) is 0 Å². The molecule has 0 bridgehead atoms. The first-order chi connectivity index (χ1) is 9.69. The zero-order valence-corrected chi connectivity index (χ0v) is 11.7. The lowest BCUT2D eigenvalue weighted by molar-refractivity contribution is -0.140. The van der Waals surface area contributed by atoms with Crippen molar-refractivity contribution < 1.29 is 18.7 Å². The molecule has 0 heterocycles. The molecule has 1 aliphatic carbocycles. The van der Waals surface area contributed by atoms with Crippen molar-refractivity contribution >= 4 is 5.97 Å². The van der Waals surface area contributed by atoms with Gasteiger partial charge in [-0.2, -0.15) is 0 Å². The predicted molar refractivity (Wildman–Crippen MR) is 73.0 cm³/mol. The number of hydrogen-bond donors (Lipinski definition) is 1. The summed E-state index contributed by atoms with van der Waals surface area (Å²) in [6.45, 7) is 0.982. The number of esters is 1. The van der Waals surface area contributed by atoms with E-state index in [1.165, 1.54) is 26.0 Å². The second-order valence-electron chi connectivity index (χ2n) is 4.95. The van der Waals surface area contributed by atoms with E-state index in [0.29, 0.717) is 25.6 Å². The van der Waals surface area contributed by atoms with Crippen LogP contribution in [0.4, 0.5) is 4.39 Å². The van der Waals surface area contributed by atoms with Crippen LogP contribution in [0.15, 0.2) is 18.2 Å². The van der Waals surface area contributed by atoms with Crippen molar-refractivity contribution in [1.29, 1.82) is 0 Å². The molecule has 110 valence electrons. The third-order valence-corrected chi connectivity index (χ3v) is 3.18. The second kappa shape index (κ2) is 7.24. The summed E-state index contributed by atoms with van der Waals surface area (Å²) in [6, 6.07) is 5.59. The molecular formula is C15H20FNO3. The minimum atomic E-state index is -0.363. The highest BCUT2D eigenvalue weighted by atomic mass is 19.1. The molecule has 1 N–H and O–H groups in total. The molecule has 0 atom stereocenters. The maximum absolute atomic E-state index is 13.8. The molecule has 1 aliphatic rings. The molecule has 0 saturated heterocycles. The Balaban J connectivity index is 1.74. The summed E-state index contributed by atoms with van der Waals surface area (Å²) in [4.78, 5) is 10.9. The Morgan fingerprint density at radius 1 is 1.45 bits per heavy atom. The van der Waals surface area contributed by atoms with E-state index in [-0.39, 0.29) is 24.0 Å². The third kappa shape index (κ3) is 4.81. The van der Waals surface area contributed by atoms with Crippen molar-refractivity contribution in [2.24, 2.45) is 0 Å². The standard InChI is InChI=1S/C15H20FNO3/c1-19-15(18)3-2-8-20-14-7-4-11(9-13(14)16)10-17-12-5-6-12/h4,7,9,12,17H,2-3,5-6,8,10H2,1H3. The number of benzene rings is 1. The van der Waals surface area contributed by atoms with Gasteiger partial charge in [0.1, 0.15) is 0 Å². The molecule has 1 aromatic rings. The normalized spacial score (nSPS) is 14.1. The fourth-order valence-corrected chi connectivity index (χ4v) is 1.82. The quantitative estimate of drug-likeness (QED) is 0.587. The number of ether oxygens (including phenoxy) is 2. The smallest absolute Gasteiger partial charge is 0.305 e. The van der Waals surface area contributed by atoms with Crippen molar-refractivity contribution in [2.45, 2.75) is 38.3 Å². The van der Waals surface area contributed by atoms with Gasteiger partial charge in [0.15, 0.2) is 11.6 Å². The van der Waals surface area contributed by atoms with Crippen LogP contribution in [-0.4, -0.2) is 25.7 Å². The molecule has 0 radical (unpaired) electrons. The van der Waals surface area contributed by atoms with Crippen molar-refractivity contribution in [2.75, 3.05) is 13.7 Å². The summed E-state index contributed by atoms with van der Waals surface area (Å²) in [7, 11) is 1.34. The van der Waals surface area contributed by atoms with Crippen LogP contribution in [0.1, 0.15) is 31.2 Å². The molecule has 1 aromatic carbocycles. The molecule has 20 heavy (non-hydrogen) atoms. The molecule has 5 heteroatoms. The molecular weight excluding hydrogens is 261 g/mol. The van der Waals surface area contributed by atoms with E-state index in [2.05, 4.69) is 10.1 Å². The number of halogens is 1. The van der Waals surface area contributed by atoms with E-state index in [0.717, 1.165) is 5.56 Å². The zero-order chi connectivity index (χ0) is 14.4. The maximum Gasteiger partial charge on any atom is 0.305 e. The molecule has 0 spiro atoms. The number of nitrogens with one attached hydrogen (secondary N) is 1. The minimum absolute atomic E-state index is 0.227. The van der Waals surface area contributed by atoms with Crippen molar-refractivity contribution in [3.05, 3.63) is 29.6 Å². The van der Waals surface area contributed by atoms with E-state index >= 15 is 0 Å². The van der Waals surface area contributed by atoms with Crippen molar-refractivity contribution in [1.82, 2.24) is 5.32 Å². The second-order valence-corrected chi connectivity index (χ2v) is 4.95. The fourth-order valence-electron chi connectivity index (χ4n) is 1.82. The Kier molecular flexibility index (Phi) is 5.35. The molecule has 1 fully saturated rings. The first-order valence-corrected chi connectivity index (χ1v) is 6.90. The van der Waals surface area contributed by atoms with Crippen LogP contribution >= 0.6 is 0 Å². The summed E-state index contributed by atoms with van der Waals surface area (Å²) in [5, 5.41) is 3.33. The molecule has 0 unspecified atom stereocenters. The van der Waals surface area contributed by atoms with Crippen LogP contribution in [0.5, 0.6) is 5.75 Å². The first kappa shape index (κ1) is 14.8. The molecule has 0 aromatic heterocycles. The lowest BCUT2D eigenvalue weighted by Crippen LogP contribution is -2.15. The Labute approximate surface area is 118 Å². The van der Waals surface area contributed by atoms with Crippen LogP contribution in [0, 0.1) is 5.82 Å². The molecule has 4 nitrogen and oxygen atoms in total. The van der Waals surface area contributed by atoms with Gasteiger partial charge in [0, 0.05) is 19.0 Å². The number of methoxy groups -OCH3 is 1. The molecule has 0 amide bonds. The number of carbonyl (C=O) groups is 1. The molecule has 0 aliphatic heterocycles. The maximum atomic E-state index is 13.8. The van der Waals surface area contributed by atoms with E-state index < -0.39 is 0 Å². The zero-order valence-electron chi connectivity index (χ0n) is 11.7. The SMILES string of the molecule is COC(=O)CCCOc1ccc(CNC2CC2)cc1F. The largest absolute Gasteiger partial charge is 0.491 e. The van der Waals surface area contributed by atoms with Gasteiger partial charge in [-0.3, -0.25) is 4.79 Å². The van der Waals surface area contributed by atoms with Gasteiger partial charge < -0.3 is 14.8 Å². The summed E-state index contributed by atoms with van der Waals surface area (Å²) in [6.07, 6.45) is 3.21. The Hall–Kier alpha value is -1.62. The average molecular weight is 281 g/mol. The Morgan fingerprint density at radius 2 is 2.25 bits per heavy atom. The van der Waals surface area contributed by atoms with Gasteiger partial charge in [-0.1, -0.05) is 6.07 Å². The number of rotatable bonds is 8. The van der Waals surface area contributed by atoms with Gasteiger partial charge in [-0.15, -0.1) is 0 Å². The van der Waals surface area contributed by atoms with Gasteiger partial charge in [-0.25, -0.2) is 4.39 Å². The highest BCUT2D eigenvalue weighted by molar-refractivity contribution is 5.69. The summed E-state index contributed by atoms with van der Waals surface area (Å²) >= 11 is 0. The summed E-state index contributed by atoms with van der Waals surface area (Å²) in [5.74, 6) is -0.418. The highest BCUT2D eigenvalue weighted by Gasteiger charge is 2.20. The number of carbonyl (C=O) groups excluding carboxylic acids is 1. The molecule has 2 rings (SSSR count). The fraction of sp³-hybridized carbons (Fsp3) is 0.533. The van der Waals surface area contributed by atoms with E-state index in [1.54, 1.807) is 6.07 Å². The van der Waals surface area contributed by atoms with Crippen molar-refractivity contribution in [3.63, 3.8) is 0 Å². The summed E-state index contributed by atoms with van der Waals surface area (Å²) < 4.78 is 23.6. The van der Waals surface area contributed by atoms with Gasteiger partial charge in [0.25, 0.3) is 0 Å². The van der Waals surface area contributed by atoms with Crippen LogP contribution in [0.3, 0.4) is 0 Å². The van der Waals surface area contributed by atoms with Crippen LogP contribution in [-0.2, 0) is 16.1 Å². The first-order valence-electron chi connectivity index (χ1n) is 6.90. The monoisotopic (exact) mass is 281 g/mol. The Bertz CT molecular complexity index is 460. The topological polar surface area (TPSA) is 47.6 Å². The molecule has 1 saturated carbocycles. The van der Waals surface area contributed by atoms with E-state index in [1.807, 2.05) is 6.07 Å². The van der Waals surface area contributed by atoms with E-state index in [9.17, 15) is 9.18 Å². The van der Waals surface area contributed by atoms with Crippen LogP contribution < -0.4 is 10.1 Å². The van der Waals surface area contributed by atoms with Gasteiger partial charge in [0.2, 0.25) is 0 Å². The predicted octanol–water partition coefficient (Wildman–Crippen LogP) is 2.41. The van der Waals surface area contributed by atoms with Gasteiger partial charge in [0.05, 0.1) is 13.7 Å².